The summed E-state index contributed by atoms with van der Waals surface area (Å²) in [6.07, 6.45) is 2.50. The molecule has 4 N–H and O–H groups in total. The Morgan fingerprint density at radius 1 is 1.06 bits per heavy atom. The summed E-state index contributed by atoms with van der Waals surface area (Å²) in [5, 5.41) is 4.41. The van der Waals surface area contributed by atoms with E-state index in [0.29, 0.717) is 18.1 Å². The number of nitrogens with two attached hydrogens (primary N) is 2. The highest BCUT2D eigenvalue weighted by atomic mass is 15.3. The Morgan fingerprint density at radius 3 is 2.61 bits per heavy atom. The van der Waals surface area contributed by atoms with Crippen LogP contribution in [-0.4, -0.2) is 14.6 Å². The van der Waals surface area contributed by atoms with Gasteiger partial charge in [-0.25, -0.2) is 9.50 Å². The molecule has 0 fully saturated rings. The van der Waals surface area contributed by atoms with Crippen LogP contribution in [0.4, 0.5) is 11.5 Å². The molecule has 0 aliphatic rings. The van der Waals surface area contributed by atoms with Crippen molar-refractivity contribution in [1.82, 2.24) is 14.6 Å². The van der Waals surface area contributed by atoms with Crippen LogP contribution in [0.5, 0.6) is 0 Å². The Kier molecular flexibility index (Phi) is 2.37. The van der Waals surface area contributed by atoms with Gasteiger partial charge >= 0.3 is 0 Å². The molecule has 90 valence electrons. The molecule has 2 aromatic heterocycles. The highest BCUT2D eigenvalue weighted by Crippen LogP contribution is 2.13. The SMILES string of the molecule is Nc1ccc(Cc2nc(N)c3cccn3n2)cc1. The van der Waals surface area contributed by atoms with Gasteiger partial charge in [-0.1, -0.05) is 12.1 Å². The number of nitrogens with zero attached hydrogens (tertiary/aromatic N) is 3. The van der Waals surface area contributed by atoms with Crippen molar-refractivity contribution in [2.45, 2.75) is 6.42 Å². The summed E-state index contributed by atoms with van der Waals surface area (Å²) in [6, 6.07) is 11.5. The van der Waals surface area contributed by atoms with Gasteiger partial charge in [0.1, 0.15) is 5.52 Å². The number of benzene rings is 1. The minimum Gasteiger partial charge on any atom is -0.399 e. The summed E-state index contributed by atoms with van der Waals surface area (Å²) in [5.41, 5.74) is 14.2. The van der Waals surface area contributed by atoms with Gasteiger partial charge in [0.05, 0.1) is 0 Å². The minimum atomic E-state index is 0.500. The van der Waals surface area contributed by atoms with E-state index in [1.165, 1.54) is 0 Å². The topological polar surface area (TPSA) is 82.2 Å². The predicted octanol–water partition coefficient (Wildman–Crippen LogP) is 1.48. The van der Waals surface area contributed by atoms with Gasteiger partial charge in [-0.3, -0.25) is 0 Å². The minimum absolute atomic E-state index is 0.500. The van der Waals surface area contributed by atoms with E-state index >= 15 is 0 Å². The predicted molar refractivity (Wildman–Crippen MR) is 71.1 cm³/mol. The average molecular weight is 239 g/mol. The summed E-state index contributed by atoms with van der Waals surface area (Å²) < 4.78 is 1.75. The second kappa shape index (κ2) is 4.03. The van der Waals surface area contributed by atoms with Crippen molar-refractivity contribution in [2.24, 2.45) is 0 Å². The van der Waals surface area contributed by atoms with E-state index in [2.05, 4.69) is 10.1 Å². The number of aromatic nitrogens is 3. The van der Waals surface area contributed by atoms with E-state index in [-0.39, 0.29) is 0 Å². The molecule has 2 heterocycles. The van der Waals surface area contributed by atoms with E-state index in [4.69, 9.17) is 11.5 Å². The molecule has 0 aliphatic heterocycles. The number of anilines is 2. The van der Waals surface area contributed by atoms with E-state index < -0.39 is 0 Å². The second-order valence-electron chi connectivity index (χ2n) is 4.17. The Hall–Kier alpha value is -2.56. The molecule has 5 heteroatoms. The highest BCUT2D eigenvalue weighted by molar-refractivity contribution is 5.64. The van der Waals surface area contributed by atoms with Crippen molar-refractivity contribution in [3.05, 3.63) is 54.0 Å². The lowest BCUT2D eigenvalue weighted by molar-refractivity contribution is 0.829. The zero-order chi connectivity index (χ0) is 12.5. The first-order chi connectivity index (χ1) is 8.72. The molecule has 0 saturated carbocycles. The molecular formula is C13H13N5. The molecule has 1 aromatic carbocycles. The summed E-state index contributed by atoms with van der Waals surface area (Å²) in [7, 11) is 0. The van der Waals surface area contributed by atoms with Crippen molar-refractivity contribution in [1.29, 1.82) is 0 Å². The standard InChI is InChI=1S/C13H13N5/c14-10-5-3-9(4-6-10)8-12-16-13(15)11-2-1-7-18(11)17-12/h1-7H,8,14H2,(H2,15,16,17). The zero-order valence-corrected chi connectivity index (χ0v) is 9.74. The lowest BCUT2D eigenvalue weighted by Gasteiger charge is -2.04. The molecule has 18 heavy (non-hydrogen) atoms. The molecule has 0 saturated heterocycles. The number of fused-ring (bicyclic) bond motifs is 1. The fourth-order valence-electron chi connectivity index (χ4n) is 1.90. The molecule has 0 radical (unpaired) electrons. The van der Waals surface area contributed by atoms with Crippen LogP contribution in [-0.2, 0) is 6.42 Å². The van der Waals surface area contributed by atoms with Crippen LogP contribution in [0.25, 0.3) is 5.52 Å². The number of nitrogen functional groups attached to an aromatic ring is 2. The number of rotatable bonds is 2. The quantitative estimate of drug-likeness (QED) is 0.664. The van der Waals surface area contributed by atoms with Gasteiger partial charge in [0.25, 0.3) is 0 Å². The maximum Gasteiger partial charge on any atom is 0.156 e. The van der Waals surface area contributed by atoms with Crippen molar-refractivity contribution >= 4 is 17.0 Å². The summed E-state index contributed by atoms with van der Waals surface area (Å²) in [4.78, 5) is 4.31. The van der Waals surface area contributed by atoms with E-state index in [9.17, 15) is 0 Å². The van der Waals surface area contributed by atoms with E-state index in [0.717, 1.165) is 16.8 Å². The first-order valence-corrected chi connectivity index (χ1v) is 5.66. The zero-order valence-electron chi connectivity index (χ0n) is 9.74. The van der Waals surface area contributed by atoms with Gasteiger partial charge in [0.2, 0.25) is 0 Å². The van der Waals surface area contributed by atoms with Gasteiger partial charge in [-0.2, -0.15) is 5.10 Å². The van der Waals surface area contributed by atoms with Crippen LogP contribution in [0.15, 0.2) is 42.6 Å². The smallest absolute Gasteiger partial charge is 0.156 e. The van der Waals surface area contributed by atoms with Crippen molar-refractivity contribution < 1.29 is 0 Å². The van der Waals surface area contributed by atoms with Crippen LogP contribution in [0.1, 0.15) is 11.4 Å². The van der Waals surface area contributed by atoms with E-state index in [1.54, 1.807) is 4.52 Å². The van der Waals surface area contributed by atoms with Crippen molar-refractivity contribution in [2.75, 3.05) is 11.5 Å². The normalized spacial score (nSPS) is 10.9. The lowest BCUT2D eigenvalue weighted by atomic mass is 10.1. The molecule has 0 aliphatic carbocycles. The second-order valence-corrected chi connectivity index (χ2v) is 4.17. The van der Waals surface area contributed by atoms with Crippen LogP contribution >= 0.6 is 0 Å². The third kappa shape index (κ3) is 1.86. The van der Waals surface area contributed by atoms with Crippen molar-refractivity contribution in [3.63, 3.8) is 0 Å². The average Bonchev–Trinajstić information content (AvgIpc) is 2.81. The fourth-order valence-corrected chi connectivity index (χ4v) is 1.90. The maximum atomic E-state index is 5.89. The molecule has 5 nitrogen and oxygen atoms in total. The van der Waals surface area contributed by atoms with Crippen LogP contribution in [0.3, 0.4) is 0 Å². The van der Waals surface area contributed by atoms with Gasteiger partial charge in [0, 0.05) is 18.3 Å². The fraction of sp³-hybridized carbons (Fsp3) is 0.0769. The van der Waals surface area contributed by atoms with Gasteiger partial charge in [-0.05, 0) is 29.8 Å². The first kappa shape index (κ1) is 10.6. The third-order valence-electron chi connectivity index (χ3n) is 2.81. The number of hydrogen-bond donors (Lipinski definition) is 2. The van der Waals surface area contributed by atoms with E-state index in [1.807, 2.05) is 42.6 Å². The van der Waals surface area contributed by atoms with Gasteiger partial charge in [-0.15, -0.1) is 0 Å². The monoisotopic (exact) mass is 239 g/mol. The largest absolute Gasteiger partial charge is 0.399 e. The summed E-state index contributed by atoms with van der Waals surface area (Å²) in [5.74, 6) is 1.20. The first-order valence-electron chi connectivity index (χ1n) is 5.66. The molecule has 0 bridgehead atoms. The Morgan fingerprint density at radius 2 is 1.83 bits per heavy atom. The van der Waals surface area contributed by atoms with Gasteiger partial charge < -0.3 is 11.5 Å². The van der Waals surface area contributed by atoms with Crippen molar-refractivity contribution in [3.8, 4) is 0 Å². The lowest BCUT2D eigenvalue weighted by Crippen LogP contribution is -2.06. The molecule has 0 spiro atoms. The van der Waals surface area contributed by atoms with Gasteiger partial charge in [0.15, 0.2) is 11.6 Å². The Bertz CT molecular complexity index is 684. The molecule has 0 unspecified atom stereocenters. The summed E-state index contributed by atoms with van der Waals surface area (Å²) in [6.45, 7) is 0. The maximum absolute atomic E-state index is 5.89. The van der Waals surface area contributed by atoms with Crippen LogP contribution in [0, 0.1) is 0 Å². The molecule has 0 amide bonds. The number of hydrogen-bond acceptors (Lipinski definition) is 4. The van der Waals surface area contributed by atoms with Crippen LogP contribution in [0.2, 0.25) is 0 Å². The third-order valence-corrected chi connectivity index (χ3v) is 2.81. The Labute approximate surface area is 104 Å². The molecular weight excluding hydrogens is 226 g/mol. The molecule has 0 atom stereocenters. The molecule has 3 aromatic rings. The Balaban J connectivity index is 1.97. The highest BCUT2D eigenvalue weighted by Gasteiger charge is 2.05. The van der Waals surface area contributed by atoms with Crippen LogP contribution < -0.4 is 11.5 Å². The molecule has 3 rings (SSSR count). The summed E-state index contributed by atoms with van der Waals surface area (Å²) >= 11 is 0.